The molecule has 18 heavy (non-hydrogen) atoms. The Bertz CT molecular complexity index is 310. The lowest BCUT2D eigenvalue weighted by Crippen LogP contribution is -2.51. The van der Waals surface area contributed by atoms with Gasteiger partial charge in [-0.2, -0.15) is 0 Å². The summed E-state index contributed by atoms with van der Waals surface area (Å²) in [6, 6.07) is -0.0171. The van der Waals surface area contributed by atoms with Gasteiger partial charge in [0.1, 0.15) is 0 Å². The van der Waals surface area contributed by atoms with Crippen LogP contribution in [0, 0.1) is 0 Å². The van der Waals surface area contributed by atoms with Gasteiger partial charge in [0, 0.05) is 18.5 Å². The molecule has 1 heterocycles. The zero-order valence-corrected chi connectivity index (χ0v) is 10.6. The van der Waals surface area contributed by atoms with E-state index in [9.17, 15) is 9.59 Å². The normalized spacial score (nSPS) is 26.6. The maximum absolute atomic E-state index is 11.9. The molecule has 1 aliphatic carbocycles. The van der Waals surface area contributed by atoms with Crippen molar-refractivity contribution in [1.82, 2.24) is 4.90 Å². The lowest BCUT2D eigenvalue weighted by molar-refractivity contribution is -0.139. The predicted octanol–water partition coefficient (Wildman–Crippen LogP) is 2.39. The minimum atomic E-state index is -0.840. The highest BCUT2D eigenvalue weighted by Crippen LogP contribution is 2.28. The molecule has 1 unspecified atom stereocenters. The number of amides is 1. The van der Waals surface area contributed by atoms with Crippen molar-refractivity contribution in [3.63, 3.8) is 0 Å². The van der Waals surface area contributed by atoms with Crippen molar-refractivity contribution in [2.75, 3.05) is 6.61 Å². The Hall–Kier alpha value is -1.26. The topological polar surface area (TPSA) is 66.8 Å². The maximum atomic E-state index is 11.9. The molecule has 1 N–H and O–H groups in total. The van der Waals surface area contributed by atoms with Gasteiger partial charge >= 0.3 is 12.1 Å². The lowest BCUT2D eigenvalue weighted by atomic mass is 10.0. The first kappa shape index (κ1) is 13.2. The maximum Gasteiger partial charge on any atom is 0.410 e. The predicted molar refractivity (Wildman–Crippen MR) is 65.3 cm³/mol. The molecule has 1 atom stereocenters. The summed E-state index contributed by atoms with van der Waals surface area (Å²) >= 11 is 0. The van der Waals surface area contributed by atoms with Crippen LogP contribution in [-0.2, 0) is 9.53 Å². The molecule has 1 amide bonds. The number of carboxylic acids is 1. The van der Waals surface area contributed by atoms with Crippen molar-refractivity contribution in [1.29, 1.82) is 0 Å². The van der Waals surface area contributed by atoms with Gasteiger partial charge in [0.05, 0.1) is 13.0 Å². The van der Waals surface area contributed by atoms with Crippen LogP contribution in [0.25, 0.3) is 0 Å². The summed E-state index contributed by atoms with van der Waals surface area (Å²) in [5.74, 6) is -0.840. The Labute approximate surface area is 107 Å². The second-order valence-electron chi connectivity index (χ2n) is 5.21. The molecule has 0 aromatic rings. The van der Waals surface area contributed by atoms with Gasteiger partial charge in [-0.05, 0) is 12.8 Å². The van der Waals surface area contributed by atoms with Gasteiger partial charge in [-0.1, -0.05) is 25.7 Å². The quantitative estimate of drug-likeness (QED) is 0.786. The lowest BCUT2D eigenvalue weighted by Gasteiger charge is -2.39. The zero-order chi connectivity index (χ0) is 13.0. The van der Waals surface area contributed by atoms with E-state index in [0.717, 1.165) is 25.7 Å². The van der Waals surface area contributed by atoms with E-state index in [-0.39, 0.29) is 24.6 Å². The van der Waals surface area contributed by atoms with Crippen molar-refractivity contribution in [2.24, 2.45) is 0 Å². The highest BCUT2D eigenvalue weighted by molar-refractivity contribution is 5.72. The Morgan fingerprint density at radius 2 is 1.89 bits per heavy atom. The van der Waals surface area contributed by atoms with Gasteiger partial charge in [0.25, 0.3) is 0 Å². The van der Waals surface area contributed by atoms with Crippen LogP contribution < -0.4 is 0 Å². The third-order valence-electron chi connectivity index (χ3n) is 3.91. The zero-order valence-electron chi connectivity index (χ0n) is 10.6. The van der Waals surface area contributed by atoms with Crippen LogP contribution >= 0.6 is 0 Å². The Balaban J connectivity index is 2.07. The molecule has 5 nitrogen and oxygen atoms in total. The first-order chi connectivity index (χ1) is 8.68. The molecule has 2 fully saturated rings. The first-order valence-electron chi connectivity index (χ1n) is 6.85. The van der Waals surface area contributed by atoms with E-state index < -0.39 is 5.97 Å². The molecule has 0 radical (unpaired) electrons. The largest absolute Gasteiger partial charge is 0.481 e. The second-order valence-corrected chi connectivity index (χ2v) is 5.21. The van der Waals surface area contributed by atoms with Gasteiger partial charge in [0.15, 0.2) is 0 Å². The van der Waals surface area contributed by atoms with Crippen LogP contribution in [0.1, 0.15) is 51.4 Å². The van der Waals surface area contributed by atoms with Gasteiger partial charge in [-0.15, -0.1) is 0 Å². The van der Waals surface area contributed by atoms with E-state index in [0.29, 0.717) is 13.0 Å². The van der Waals surface area contributed by atoms with Gasteiger partial charge in [-0.3, -0.25) is 4.79 Å². The molecule has 1 aliphatic heterocycles. The van der Waals surface area contributed by atoms with Crippen molar-refractivity contribution in [2.45, 2.75) is 63.5 Å². The fourth-order valence-corrected chi connectivity index (χ4v) is 3.03. The van der Waals surface area contributed by atoms with E-state index in [4.69, 9.17) is 9.84 Å². The smallest absolute Gasteiger partial charge is 0.410 e. The average Bonchev–Trinajstić information content (AvgIpc) is 2.57. The molecule has 5 heteroatoms. The summed E-state index contributed by atoms with van der Waals surface area (Å²) in [7, 11) is 0. The summed E-state index contributed by atoms with van der Waals surface area (Å²) in [4.78, 5) is 24.5. The van der Waals surface area contributed by atoms with E-state index in [2.05, 4.69) is 0 Å². The van der Waals surface area contributed by atoms with E-state index in [1.807, 2.05) is 0 Å². The average molecular weight is 255 g/mol. The van der Waals surface area contributed by atoms with E-state index >= 15 is 0 Å². The molecule has 2 aliphatic rings. The first-order valence-corrected chi connectivity index (χ1v) is 6.85. The van der Waals surface area contributed by atoms with Crippen LogP contribution in [0.4, 0.5) is 4.79 Å². The Morgan fingerprint density at radius 1 is 1.22 bits per heavy atom. The molecule has 0 aromatic heterocycles. The number of rotatable bonds is 3. The minimum Gasteiger partial charge on any atom is -0.481 e. The number of carbonyl (C=O) groups excluding carboxylic acids is 1. The molecule has 1 saturated heterocycles. The van der Waals surface area contributed by atoms with E-state index in [1.54, 1.807) is 4.90 Å². The number of carbonyl (C=O) groups is 2. The molecule has 0 aromatic carbocycles. The fourth-order valence-electron chi connectivity index (χ4n) is 3.03. The molecule has 1 saturated carbocycles. The molecule has 2 rings (SSSR count). The number of cyclic esters (lactones) is 1. The summed E-state index contributed by atoms with van der Waals surface area (Å²) in [6.07, 6.45) is 6.96. The van der Waals surface area contributed by atoms with Crippen LogP contribution in [-0.4, -0.2) is 40.8 Å². The summed E-state index contributed by atoms with van der Waals surface area (Å²) in [6.45, 7) is 0.347. The van der Waals surface area contributed by atoms with Gasteiger partial charge < -0.3 is 14.7 Å². The third-order valence-corrected chi connectivity index (χ3v) is 3.91. The summed E-state index contributed by atoms with van der Waals surface area (Å²) in [5, 5.41) is 8.94. The Morgan fingerprint density at radius 3 is 2.50 bits per heavy atom. The van der Waals surface area contributed by atoms with Crippen molar-refractivity contribution < 1.29 is 19.4 Å². The monoisotopic (exact) mass is 255 g/mol. The molecular weight excluding hydrogens is 234 g/mol. The van der Waals surface area contributed by atoms with Crippen LogP contribution in [0.15, 0.2) is 0 Å². The highest BCUT2D eigenvalue weighted by atomic mass is 16.6. The van der Waals surface area contributed by atoms with Crippen LogP contribution in [0.3, 0.4) is 0 Å². The molecule has 102 valence electrons. The fraction of sp³-hybridized carbons (Fsp3) is 0.846. The molecule has 0 spiro atoms. The minimum absolute atomic E-state index is 0.0333. The van der Waals surface area contributed by atoms with E-state index in [1.165, 1.54) is 12.8 Å². The summed E-state index contributed by atoms with van der Waals surface area (Å²) in [5.41, 5.74) is 0. The standard InChI is InChI=1S/C13H21NO4/c15-12(16)9-11-7-8-18-13(17)14(11)10-5-3-1-2-4-6-10/h10-11H,1-9H2,(H,15,16). The van der Waals surface area contributed by atoms with Crippen LogP contribution in [0.5, 0.6) is 0 Å². The van der Waals surface area contributed by atoms with Crippen molar-refractivity contribution in [3.8, 4) is 0 Å². The number of hydrogen-bond donors (Lipinski definition) is 1. The van der Waals surface area contributed by atoms with Crippen molar-refractivity contribution >= 4 is 12.1 Å². The number of aliphatic carboxylic acids is 1. The highest BCUT2D eigenvalue weighted by Gasteiger charge is 2.36. The molecule has 0 bridgehead atoms. The molecular formula is C13H21NO4. The van der Waals surface area contributed by atoms with Crippen molar-refractivity contribution in [3.05, 3.63) is 0 Å². The third kappa shape index (κ3) is 3.15. The number of hydrogen-bond acceptors (Lipinski definition) is 3. The summed E-state index contributed by atoms with van der Waals surface area (Å²) < 4.78 is 5.09. The van der Waals surface area contributed by atoms with Crippen LogP contribution in [0.2, 0.25) is 0 Å². The SMILES string of the molecule is O=C(O)CC1CCOC(=O)N1C1CCCCCC1. The number of nitrogens with zero attached hydrogens (tertiary/aromatic N) is 1. The van der Waals surface area contributed by atoms with Gasteiger partial charge in [-0.25, -0.2) is 4.79 Å². The second kappa shape index (κ2) is 6.07. The Kier molecular flexibility index (Phi) is 4.44. The number of ether oxygens (including phenoxy) is 1. The van der Waals surface area contributed by atoms with Gasteiger partial charge in [0.2, 0.25) is 0 Å². The number of carboxylic acid groups (broad SMARTS) is 1.